The number of aliphatic hydroxyl groups is 1. The van der Waals surface area contributed by atoms with Crippen molar-refractivity contribution < 1.29 is 18.3 Å². The van der Waals surface area contributed by atoms with Crippen molar-refractivity contribution in [3.05, 3.63) is 65.2 Å². The first-order valence-corrected chi connectivity index (χ1v) is 10.7. The number of hydrogen-bond acceptors (Lipinski definition) is 4. The maximum Gasteiger partial charge on any atom is 0.243 e. The van der Waals surface area contributed by atoms with Crippen LogP contribution in [0.1, 0.15) is 29.7 Å². The molecule has 1 aliphatic rings. The van der Waals surface area contributed by atoms with Crippen LogP contribution in [0.3, 0.4) is 0 Å². The molecule has 6 nitrogen and oxygen atoms in total. The van der Waals surface area contributed by atoms with Gasteiger partial charge < -0.3 is 10.0 Å². The summed E-state index contributed by atoms with van der Waals surface area (Å²) in [5.74, 6) is -0.239. The third kappa shape index (κ3) is 4.48. The number of fused-ring (bicyclic) bond motifs is 1. The lowest BCUT2D eigenvalue weighted by Crippen LogP contribution is -2.44. The van der Waals surface area contributed by atoms with E-state index in [2.05, 4.69) is 6.07 Å². The van der Waals surface area contributed by atoms with E-state index in [0.29, 0.717) is 24.3 Å². The van der Waals surface area contributed by atoms with Gasteiger partial charge in [-0.2, -0.15) is 0 Å². The van der Waals surface area contributed by atoms with Crippen molar-refractivity contribution >= 4 is 21.6 Å². The van der Waals surface area contributed by atoms with Crippen molar-refractivity contribution in [1.29, 1.82) is 0 Å². The zero-order valence-electron chi connectivity index (χ0n) is 15.5. The summed E-state index contributed by atoms with van der Waals surface area (Å²) < 4.78 is 25.7. The molecule has 144 valence electrons. The van der Waals surface area contributed by atoms with Gasteiger partial charge in [0.15, 0.2) is 0 Å². The van der Waals surface area contributed by atoms with Crippen LogP contribution in [0.2, 0.25) is 0 Å². The third-order valence-electron chi connectivity index (χ3n) is 4.80. The molecule has 1 amide bonds. The van der Waals surface area contributed by atoms with Crippen LogP contribution in [0.25, 0.3) is 0 Å². The Kier molecular flexibility index (Phi) is 5.53. The summed E-state index contributed by atoms with van der Waals surface area (Å²) in [5.41, 5.74) is 3.30. The van der Waals surface area contributed by atoms with Crippen molar-refractivity contribution in [3.8, 4) is 0 Å². The molecule has 3 rings (SSSR count). The minimum absolute atomic E-state index is 0.239. The average Bonchev–Trinajstić information content (AvgIpc) is 2.64. The first-order valence-electron chi connectivity index (χ1n) is 8.86. The first-order chi connectivity index (χ1) is 12.8. The van der Waals surface area contributed by atoms with Gasteiger partial charge in [-0.3, -0.25) is 9.10 Å². The Morgan fingerprint density at radius 2 is 1.89 bits per heavy atom. The van der Waals surface area contributed by atoms with Crippen LogP contribution >= 0.6 is 0 Å². The van der Waals surface area contributed by atoms with Crippen molar-refractivity contribution in [2.75, 3.05) is 23.7 Å². The quantitative estimate of drug-likeness (QED) is 0.851. The number of amides is 1. The van der Waals surface area contributed by atoms with E-state index in [1.165, 1.54) is 5.56 Å². The fraction of sp³-hybridized carbons (Fsp3) is 0.350. The van der Waals surface area contributed by atoms with E-state index in [4.69, 9.17) is 0 Å². The van der Waals surface area contributed by atoms with Crippen LogP contribution < -0.4 is 4.31 Å². The second kappa shape index (κ2) is 7.70. The lowest BCUT2D eigenvalue weighted by molar-refractivity contribution is -0.130. The molecule has 7 heteroatoms. The fourth-order valence-corrected chi connectivity index (χ4v) is 4.11. The molecule has 0 aromatic heterocycles. The summed E-state index contributed by atoms with van der Waals surface area (Å²) in [5, 5.41) is 9.77. The molecule has 27 heavy (non-hydrogen) atoms. The molecule has 0 saturated heterocycles. The molecule has 0 saturated carbocycles. The van der Waals surface area contributed by atoms with Crippen molar-refractivity contribution in [3.63, 3.8) is 0 Å². The lowest BCUT2D eigenvalue weighted by atomic mass is 10.00. The Bertz CT molecular complexity index is 941. The lowest BCUT2D eigenvalue weighted by Gasteiger charge is -2.31. The molecule has 1 unspecified atom stereocenters. The molecule has 1 heterocycles. The number of sulfonamides is 1. The number of carbonyl (C=O) groups excluding carboxylic acids is 1. The van der Waals surface area contributed by atoms with Gasteiger partial charge in [0.2, 0.25) is 15.9 Å². The van der Waals surface area contributed by atoms with Crippen LogP contribution in [0.5, 0.6) is 0 Å². The van der Waals surface area contributed by atoms with E-state index in [-0.39, 0.29) is 12.5 Å². The number of carbonyl (C=O) groups is 1. The SMILES string of the molecule is CC(O)c1cccc(N(CC(=O)N2CCc3ccccc3C2)S(C)(=O)=O)c1. The monoisotopic (exact) mass is 388 g/mol. The predicted molar refractivity (Wildman–Crippen MR) is 105 cm³/mol. The smallest absolute Gasteiger partial charge is 0.243 e. The molecule has 2 aromatic carbocycles. The highest BCUT2D eigenvalue weighted by Gasteiger charge is 2.26. The van der Waals surface area contributed by atoms with Gasteiger partial charge >= 0.3 is 0 Å². The van der Waals surface area contributed by atoms with Gasteiger partial charge in [0.25, 0.3) is 0 Å². The van der Waals surface area contributed by atoms with Gasteiger partial charge in [0, 0.05) is 13.1 Å². The van der Waals surface area contributed by atoms with E-state index < -0.39 is 16.1 Å². The Hall–Kier alpha value is -2.38. The molecule has 0 radical (unpaired) electrons. The average molecular weight is 388 g/mol. The van der Waals surface area contributed by atoms with Gasteiger partial charge in [-0.05, 0) is 42.2 Å². The number of benzene rings is 2. The van der Waals surface area contributed by atoms with E-state index in [1.54, 1.807) is 36.1 Å². The molecule has 0 bridgehead atoms. The molecule has 0 aliphatic carbocycles. The Morgan fingerprint density at radius 3 is 2.56 bits per heavy atom. The van der Waals surface area contributed by atoms with Gasteiger partial charge in [-0.15, -0.1) is 0 Å². The number of anilines is 1. The number of nitrogens with zero attached hydrogens (tertiary/aromatic N) is 2. The Labute approximate surface area is 160 Å². The summed E-state index contributed by atoms with van der Waals surface area (Å²) in [6, 6.07) is 14.6. The van der Waals surface area contributed by atoms with E-state index in [0.717, 1.165) is 22.5 Å². The molecular weight excluding hydrogens is 364 g/mol. The minimum atomic E-state index is -3.65. The highest BCUT2D eigenvalue weighted by molar-refractivity contribution is 7.92. The maximum atomic E-state index is 12.8. The second-order valence-corrected chi connectivity index (χ2v) is 8.78. The summed E-state index contributed by atoms with van der Waals surface area (Å²) in [6.07, 6.45) is 1.12. The van der Waals surface area contributed by atoms with Gasteiger partial charge in [-0.1, -0.05) is 36.4 Å². The zero-order chi connectivity index (χ0) is 19.6. The second-order valence-electron chi connectivity index (χ2n) is 6.87. The van der Waals surface area contributed by atoms with Gasteiger partial charge in [0.1, 0.15) is 6.54 Å². The van der Waals surface area contributed by atoms with Crippen molar-refractivity contribution in [2.24, 2.45) is 0 Å². The Morgan fingerprint density at radius 1 is 1.19 bits per heavy atom. The zero-order valence-corrected chi connectivity index (χ0v) is 16.3. The molecule has 2 aromatic rings. The summed E-state index contributed by atoms with van der Waals surface area (Å²) in [6.45, 7) is 2.41. The van der Waals surface area contributed by atoms with Crippen LogP contribution in [-0.2, 0) is 27.8 Å². The van der Waals surface area contributed by atoms with Crippen molar-refractivity contribution in [2.45, 2.75) is 26.0 Å². The van der Waals surface area contributed by atoms with E-state index >= 15 is 0 Å². The molecular formula is C20H24N2O4S. The predicted octanol–water partition coefficient (Wildman–Crippen LogP) is 2.09. The topological polar surface area (TPSA) is 77.9 Å². The third-order valence-corrected chi connectivity index (χ3v) is 5.94. The summed E-state index contributed by atoms with van der Waals surface area (Å²) >= 11 is 0. The van der Waals surface area contributed by atoms with Crippen LogP contribution in [0.15, 0.2) is 48.5 Å². The molecule has 1 aliphatic heterocycles. The van der Waals surface area contributed by atoms with E-state index in [9.17, 15) is 18.3 Å². The largest absolute Gasteiger partial charge is 0.389 e. The number of aliphatic hydroxyl groups excluding tert-OH is 1. The normalized spacial score (nSPS) is 15.1. The summed E-state index contributed by atoms with van der Waals surface area (Å²) in [7, 11) is -3.65. The highest BCUT2D eigenvalue weighted by Crippen LogP contribution is 2.24. The minimum Gasteiger partial charge on any atom is -0.389 e. The van der Waals surface area contributed by atoms with E-state index in [1.807, 2.05) is 18.2 Å². The summed E-state index contributed by atoms with van der Waals surface area (Å²) in [4.78, 5) is 14.5. The van der Waals surface area contributed by atoms with Crippen LogP contribution in [0.4, 0.5) is 5.69 Å². The van der Waals surface area contributed by atoms with Crippen LogP contribution in [0, 0.1) is 0 Å². The standard InChI is InChI=1S/C20H24N2O4S/c1-15(23)17-8-5-9-19(12-17)22(27(2,25)26)14-20(24)21-11-10-16-6-3-4-7-18(16)13-21/h3-9,12,15,23H,10-11,13-14H2,1-2H3. The number of rotatable bonds is 5. The number of hydrogen-bond donors (Lipinski definition) is 1. The van der Waals surface area contributed by atoms with Crippen LogP contribution in [-0.4, -0.2) is 43.7 Å². The Balaban J connectivity index is 1.82. The van der Waals surface area contributed by atoms with Gasteiger partial charge in [0.05, 0.1) is 18.0 Å². The molecule has 1 N–H and O–H groups in total. The highest BCUT2D eigenvalue weighted by atomic mass is 32.2. The first kappa shape index (κ1) is 19.4. The maximum absolute atomic E-state index is 12.8. The van der Waals surface area contributed by atoms with Gasteiger partial charge in [-0.25, -0.2) is 8.42 Å². The molecule has 0 fully saturated rings. The molecule has 1 atom stereocenters. The fourth-order valence-electron chi connectivity index (χ4n) is 3.27. The molecule has 0 spiro atoms. The van der Waals surface area contributed by atoms with Crippen molar-refractivity contribution in [1.82, 2.24) is 4.90 Å².